The summed E-state index contributed by atoms with van der Waals surface area (Å²) in [7, 11) is 0. The molecule has 7 nitrogen and oxygen atoms in total. The summed E-state index contributed by atoms with van der Waals surface area (Å²) in [5, 5.41) is 42.7. The van der Waals surface area contributed by atoms with Crippen LogP contribution in [0.15, 0.2) is 0 Å². The van der Waals surface area contributed by atoms with Crippen molar-refractivity contribution in [2.24, 2.45) is 5.92 Å². The van der Waals surface area contributed by atoms with Gasteiger partial charge in [-0.25, -0.2) is 0 Å². The summed E-state index contributed by atoms with van der Waals surface area (Å²) in [5.41, 5.74) is 0. The Kier molecular flexibility index (Phi) is 39.3. The lowest BCUT2D eigenvalue weighted by Crippen LogP contribution is -2.32. The maximum Gasteiger partial charge on any atom is 0.104 e. The number of hydrogen-bond donors (Lipinski definition) is 5. The summed E-state index contributed by atoms with van der Waals surface area (Å²) in [6, 6.07) is 0. The second kappa shape index (κ2) is 32.7. The molecular weight excluding hydrogens is 436 g/mol. The zero-order valence-corrected chi connectivity index (χ0v) is 24.0. The first-order valence-corrected chi connectivity index (χ1v) is 13.6. The second-order valence-corrected chi connectivity index (χ2v) is 8.52. The Morgan fingerprint density at radius 2 is 0.706 bits per heavy atom. The number of hydrogen-bond acceptors (Lipinski definition) is 7. The molecule has 0 aromatic rings. The molecule has 0 aliphatic heterocycles. The summed E-state index contributed by atoms with van der Waals surface area (Å²) in [5.74, 6) is 0.935. The molecule has 0 aromatic carbocycles. The molecule has 0 spiro atoms. The van der Waals surface area contributed by atoms with E-state index in [1.54, 1.807) is 0 Å². The van der Waals surface area contributed by atoms with Gasteiger partial charge in [-0.1, -0.05) is 75.2 Å². The normalized spacial score (nSPS) is 10.9. The van der Waals surface area contributed by atoms with Crippen LogP contribution in [0.2, 0.25) is 0 Å². The van der Waals surface area contributed by atoms with Crippen molar-refractivity contribution in [3.05, 3.63) is 0 Å². The Balaban J connectivity index is -0.000000184. The molecule has 0 aliphatic carbocycles. The molecule has 0 saturated carbocycles. The van der Waals surface area contributed by atoms with E-state index in [-0.39, 0.29) is 32.5 Å². The summed E-state index contributed by atoms with van der Waals surface area (Å²) < 4.78 is 10.7. The highest BCUT2D eigenvalue weighted by Crippen LogP contribution is 2.11. The van der Waals surface area contributed by atoms with Gasteiger partial charge >= 0.3 is 0 Å². The molecule has 7 heteroatoms. The molecule has 212 valence electrons. The number of ether oxygens (including phenoxy) is 2. The summed E-state index contributed by atoms with van der Waals surface area (Å²) >= 11 is 0. The summed E-state index contributed by atoms with van der Waals surface area (Å²) in [6.07, 6.45) is 8.48. The fourth-order valence-corrected chi connectivity index (χ4v) is 2.37. The maximum absolute atomic E-state index is 8.67. The van der Waals surface area contributed by atoms with E-state index in [1.165, 1.54) is 12.8 Å². The lowest BCUT2D eigenvalue weighted by Gasteiger charge is -2.20. The molecule has 0 aromatic heterocycles. The van der Waals surface area contributed by atoms with Gasteiger partial charge in [-0.15, -0.1) is 0 Å². The van der Waals surface area contributed by atoms with E-state index in [2.05, 4.69) is 48.5 Å². The minimum Gasteiger partial charge on any atom is -0.394 e. The predicted octanol–water partition coefficient (Wildman–Crippen LogP) is 4.70. The molecule has 0 aliphatic rings. The molecule has 0 rings (SSSR count). The van der Waals surface area contributed by atoms with Crippen LogP contribution >= 0.6 is 0 Å². The first kappa shape index (κ1) is 40.9. The quantitative estimate of drug-likeness (QED) is 0.209. The summed E-state index contributed by atoms with van der Waals surface area (Å²) in [6.45, 7) is 18.2. The molecule has 0 amide bonds. The molecule has 0 heterocycles. The number of aliphatic hydroxyl groups excluding tert-OH is 5. The molecule has 0 radical (unpaired) electrons. The zero-order chi connectivity index (χ0) is 27.4. The lowest BCUT2D eigenvalue weighted by atomic mass is 10.1. The van der Waals surface area contributed by atoms with Crippen molar-refractivity contribution in [1.82, 2.24) is 0 Å². The first-order valence-electron chi connectivity index (χ1n) is 13.6. The van der Waals surface area contributed by atoms with E-state index in [4.69, 9.17) is 35.0 Å². The standard InChI is InChI=1S/C10H22O.C6H14O5.C6H14.C5H12O/c1-5-9(6-2)11-10(7-3)8-4;7-1-5(2-8)11-6(3-9)4-10;1-4-6(3)5-2;1-3-5(6)4-2/h9-10H,5-8H2,1-4H3;5-10H,1-4H2;6H,4-5H2,1-3H3;5-6H,3-4H2,1-2H3. The van der Waals surface area contributed by atoms with Gasteiger partial charge in [0.15, 0.2) is 0 Å². The number of rotatable bonds is 16. The third-order valence-electron chi connectivity index (χ3n) is 5.74. The van der Waals surface area contributed by atoms with Crippen molar-refractivity contribution in [1.29, 1.82) is 0 Å². The van der Waals surface area contributed by atoms with Gasteiger partial charge in [-0.2, -0.15) is 0 Å². The van der Waals surface area contributed by atoms with E-state index in [1.807, 2.05) is 13.8 Å². The van der Waals surface area contributed by atoms with Crippen LogP contribution in [0.1, 0.15) is 114 Å². The highest BCUT2D eigenvalue weighted by molar-refractivity contribution is 4.59. The van der Waals surface area contributed by atoms with E-state index in [0.717, 1.165) is 44.4 Å². The molecule has 0 bridgehead atoms. The van der Waals surface area contributed by atoms with Crippen LogP contribution in [0.5, 0.6) is 0 Å². The first-order chi connectivity index (χ1) is 16.2. The minimum absolute atomic E-state index is 0.0648. The highest BCUT2D eigenvalue weighted by Gasteiger charge is 2.13. The smallest absolute Gasteiger partial charge is 0.104 e. The van der Waals surface area contributed by atoms with Gasteiger partial charge in [0, 0.05) is 0 Å². The molecule has 0 saturated heterocycles. The van der Waals surface area contributed by atoms with Crippen LogP contribution < -0.4 is 0 Å². The van der Waals surface area contributed by atoms with Gasteiger partial charge in [0.2, 0.25) is 0 Å². The Morgan fingerprint density at radius 3 is 0.824 bits per heavy atom. The van der Waals surface area contributed by atoms with Gasteiger partial charge in [-0.05, 0) is 44.4 Å². The monoisotopic (exact) mass is 498 g/mol. The van der Waals surface area contributed by atoms with Crippen LogP contribution in [0.3, 0.4) is 0 Å². The third-order valence-corrected chi connectivity index (χ3v) is 5.74. The Labute approximate surface area is 211 Å². The predicted molar refractivity (Wildman–Crippen MR) is 143 cm³/mol. The van der Waals surface area contributed by atoms with Crippen LogP contribution in [0, 0.1) is 5.92 Å². The Bertz CT molecular complexity index is 269. The average Bonchev–Trinajstić information content (AvgIpc) is 2.90. The maximum atomic E-state index is 8.67. The van der Waals surface area contributed by atoms with E-state index >= 15 is 0 Å². The van der Waals surface area contributed by atoms with E-state index in [9.17, 15) is 0 Å². The van der Waals surface area contributed by atoms with Crippen molar-refractivity contribution in [3.8, 4) is 0 Å². The molecule has 0 unspecified atom stereocenters. The van der Waals surface area contributed by atoms with Gasteiger partial charge in [0.05, 0.1) is 44.7 Å². The van der Waals surface area contributed by atoms with Crippen LogP contribution in [0.25, 0.3) is 0 Å². The third kappa shape index (κ3) is 29.8. The fourth-order valence-electron chi connectivity index (χ4n) is 2.37. The highest BCUT2D eigenvalue weighted by atomic mass is 16.5. The van der Waals surface area contributed by atoms with E-state index < -0.39 is 12.2 Å². The van der Waals surface area contributed by atoms with Crippen molar-refractivity contribution < 1.29 is 35.0 Å². The van der Waals surface area contributed by atoms with Gasteiger partial charge in [-0.3, -0.25) is 0 Å². The van der Waals surface area contributed by atoms with Crippen molar-refractivity contribution in [2.75, 3.05) is 26.4 Å². The Morgan fingerprint density at radius 1 is 0.441 bits per heavy atom. The van der Waals surface area contributed by atoms with Crippen molar-refractivity contribution in [3.63, 3.8) is 0 Å². The zero-order valence-electron chi connectivity index (χ0n) is 24.0. The van der Waals surface area contributed by atoms with Crippen molar-refractivity contribution in [2.45, 2.75) is 144 Å². The average molecular weight is 499 g/mol. The SMILES string of the molecule is CCC(C)CC.CCC(CC)OC(CC)CC.CCC(O)CC.OCC(CO)OC(CO)CO. The molecule has 5 N–H and O–H groups in total. The van der Waals surface area contributed by atoms with E-state index in [0.29, 0.717) is 12.2 Å². The van der Waals surface area contributed by atoms with Gasteiger partial charge in [0.25, 0.3) is 0 Å². The van der Waals surface area contributed by atoms with Crippen LogP contribution in [-0.4, -0.2) is 82.5 Å². The molecule has 0 fully saturated rings. The van der Waals surface area contributed by atoms with Gasteiger partial charge < -0.3 is 35.0 Å². The fraction of sp³-hybridized carbons (Fsp3) is 1.00. The second-order valence-electron chi connectivity index (χ2n) is 8.52. The van der Waals surface area contributed by atoms with Crippen LogP contribution in [0.4, 0.5) is 0 Å². The minimum atomic E-state index is -0.723. The summed E-state index contributed by atoms with van der Waals surface area (Å²) in [4.78, 5) is 0. The largest absolute Gasteiger partial charge is 0.394 e. The molecular formula is C27H62O7. The Hall–Kier alpha value is -0.280. The molecule has 0 atom stereocenters. The van der Waals surface area contributed by atoms with Gasteiger partial charge in [0.1, 0.15) is 12.2 Å². The topological polar surface area (TPSA) is 120 Å². The lowest BCUT2D eigenvalue weighted by molar-refractivity contribution is -0.0956. The number of aliphatic hydroxyl groups is 5. The van der Waals surface area contributed by atoms with Crippen LogP contribution in [-0.2, 0) is 9.47 Å². The molecule has 34 heavy (non-hydrogen) atoms. The van der Waals surface area contributed by atoms with Crippen molar-refractivity contribution >= 4 is 0 Å².